The van der Waals surface area contributed by atoms with E-state index in [1.54, 1.807) is 24.2 Å². The number of nitrogens with zero attached hydrogens (tertiary/aromatic N) is 4. The number of thioether (sulfide) groups is 1. The summed E-state index contributed by atoms with van der Waals surface area (Å²) in [4.78, 5) is 8.52. The van der Waals surface area contributed by atoms with Crippen molar-refractivity contribution in [3.63, 3.8) is 0 Å². The Morgan fingerprint density at radius 2 is 1.86 bits per heavy atom. The first-order valence-corrected chi connectivity index (χ1v) is 8.87. The van der Waals surface area contributed by atoms with Crippen molar-refractivity contribution in [2.75, 3.05) is 0 Å². The SMILES string of the molecule is Cc1cnc(-c2nnc(SCc3c(Cl)cccc3Cl)s2)cn1. The zero-order chi connectivity index (χ0) is 15.5. The van der Waals surface area contributed by atoms with Crippen molar-refractivity contribution in [2.45, 2.75) is 17.0 Å². The average Bonchev–Trinajstić information content (AvgIpc) is 2.96. The molecule has 4 nitrogen and oxygen atoms in total. The lowest BCUT2D eigenvalue weighted by Crippen LogP contribution is -1.87. The maximum absolute atomic E-state index is 6.16. The molecule has 0 aliphatic carbocycles. The predicted molar refractivity (Wildman–Crippen MR) is 91.7 cm³/mol. The highest BCUT2D eigenvalue weighted by molar-refractivity contribution is 8.00. The van der Waals surface area contributed by atoms with Gasteiger partial charge >= 0.3 is 0 Å². The summed E-state index contributed by atoms with van der Waals surface area (Å²) >= 11 is 15.3. The standard InChI is InChI=1S/C14H10Cl2N4S2/c1-8-5-18-12(6-17-8)13-19-20-14(22-13)21-7-9-10(15)3-2-4-11(9)16/h2-6H,7H2,1H3. The highest BCUT2D eigenvalue weighted by Gasteiger charge is 2.11. The number of hydrogen-bond acceptors (Lipinski definition) is 6. The van der Waals surface area contributed by atoms with Crippen LogP contribution >= 0.6 is 46.3 Å². The highest BCUT2D eigenvalue weighted by atomic mass is 35.5. The summed E-state index contributed by atoms with van der Waals surface area (Å²) in [6.07, 6.45) is 3.42. The van der Waals surface area contributed by atoms with Crippen LogP contribution in [0.4, 0.5) is 0 Å². The lowest BCUT2D eigenvalue weighted by Gasteiger charge is -2.04. The topological polar surface area (TPSA) is 51.6 Å². The van der Waals surface area contributed by atoms with E-state index in [0.29, 0.717) is 15.8 Å². The fourth-order valence-electron chi connectivity index (χ4n) is 1.68. The van der Waals surface area contributed by atoms with Gasteiger partial charge in [-0.05, 0) is 24.6 Å². The van der Waals surface area contributed by atoms with Gasteiger partial charge in [0, 0.05) is 22.0 Å². The number of aryl methyl sites for hydroxylation is 1. The van der Waals surface area contributed by atoms with Crippen LogP contribution in [-0.2, 0) is 5.75 Å². The molecule has 1 aromatic carbocycles. The molecule has 0 bridgehead atoms. The number of rotatable bonds is 4. The third kappa shape index (κ3) is 3.57. The molecule has 0 N–H and O–H groups in total. The maximum Gasteiger partial charge on any atom is 0.175 e. The quantitative estimate of drug-likeness (QED) is 0.612. The Kier molecular flexibility index (Phi) is 4.93. The van der Waals surface area contributed by atoms with E-state index in [0.717, 1.165) is 26.3 Å². The molecule has 0 saturated heterocycles. The van der Waals surface area contributed by atoms with Crippen LogP contribution in [0.1, 0.15) is 11.3 Å². The van der Waals surface area contributed by atoms with Gasteiger partial charge in [0.05, 0.1) is 11.9 Å². The van der Waals surface area contributed by atoms with Gasteiger partial charge in [-0.15, -0.1) is 10.2 Å². The molecule has 0 fully saturated rings. The van der Waals surface area contributed by atoms with Crippen LogP contribution in [0.5, 0.6) is 0 Å². The van der Waals surface area contributed by atoms with Crippen LogP contribution in [0.25, 0.3) is 10.7 Å². The van der Waals surface area contributed by atoms with Crippen molar-refractivity contribution in [1.29, 1.82) is 0 Å². The van der Waals surface area contributed by atoms with Gasteiger partial charge in [0.1, 0.15) is 5.69 Å². The Morgan fingerprint density at radius 3 is 2.55 bits per heavy atom. The molecule has 0 unspecified atom stereocenters. The van der Waals surface area contributed by atoms with Crippen LogP contribution in [0.15, 0.2) is 34.9 Å². The van der Waals surface area contributed by atoms with Crippen LogP contribution in [0, 0.1) is 6.92 Å². The van der Waals surface area contributed by atoms with Crippen molar-refractivity contribution in [2.24, 2.45) is 0 Å². The Labute approximate surface area is 145 Å². The minimum absolute atomic E-state index is 0.646. The van der Waals surface area contributed by atoms with E-state index in [4.69, 9.17) is 23.2 Å². The van der Waals surface area contributed by atoms with E-state index in [2.05, 4.69) is 20.2 Å². The molecular weight excluding hydrogens is 359 g/mol. The van der Waals surface area contributed by atoms with E-state index in [9.17, 15) is 0 Å². The van der Waals surface area contributed by atoms with E-state index in [-0.39, 0.29) is 0 Å². The number of aromatic nitrogens is 4. The van der Waals surface area contributed by atoms with Crippen molar-refractivity contribution in [1.82, 2.24) is 20.2 Å². The van der Waals surface area contributed by atoms with Gasteiger partial charge in [-0.25, -0.2) is 0 Å². The van der Waals surface area contributed by atoms with E-state index in [1.807, 2.05) is 25.1 Å². The second-order valence-corrected chi connectivity index (χ2v) is 7.42. The fraction of sp³-hybridized carbons (Fsp3) is 0.143. The second-order valence-electron chi connectivity index (χ2n) is 4.41. The second kappa shape index (κ2) is 6.91. The molecule has 3 rings (SSSR count). The molecule has 8 heteroatoms. The van der Waals surface area contributed by atoms with Gasteiger partial charge in [-0.2, -0.15) is 0 Å². The number of hydrogen-bond donors (Lipinski definition) is 0. The zero-order valence-electron chi connectivity index (χ0n) is 11.5. The molecule has 0 spiro atoms. The minimum Gasteiger partial charge on any atom is -0.258 e. The summed E-state index contributed by atoms with van der Waals surface area (Å²) < 4.78 is 0.841. The average molecular weight is 369 g/mol. The Morgan fingerprint density at radius 1 is 1.09 bits per heavy atom. The maximum atomic E-state index is 6.16. The molecule has 112 valence electrons. The third-order valence-corrected chi connectivity index (χ3v) is 5.62. The van der Waals surface area contributed by atoms with Crippen molar-refractivity contribution in [3.8, 4) is 10.7 Å². The lowest BCUT2D eigenvalue weighted by molar-refractivity contribution is 1.00. The lowest BCUT2D eigenvalue weighted by atomic mass is 10.2. The largest absolute Gasteiger partial charge is 0.258 e. The Hall–Kier alpha value is -1.21. The summed E-state index contributed by atoms with van der Waals surface area (Å²) in [6.45, 7) is 1.89. The highest BCUT2D eigenvalue weighted by Crippen LogP contribution is 2.34. The van der Waals surface area contributed by atoms with E-state index < -0.39 is 0 Å². The first-order chi connectivity index (χ1) is 10.6. The molecule has 0 saturated carbocycles. The van der Waals surface area contributed by atoms with Gasteiger partial charge in [0.2, 0.25) is 0 Å². The van der Waals surface area contributed by atoms with Crippen LogP contribution in [0.3, 0.4) is 0 Å². The Balaban J connectivity index is 1.73. The van der Waals surface area contributed by atoms with Gasteiger partial charge in [-0.1, -0.05) is 52.4 Å². The van der Waals surface area contributed by atoms with Crippen LogP contribution in [-0.4, -0.2) is 20.2 Å². The molecule has 0 atom stereocenters. The minimum atomic E-state index is 0.646. The van der Waals surface area contributed by atoms with Crippen molar-refractivity contribution in [3.05, 3.63) is 51.9 Å². The predicted octanol–water partition coefficient (Wildman–Crippen LogP) is 4.90. The summed E-state index contributed by atoms with van der Waals surface area (Å²) in [5.41, 5.74) is 2.50. The van der Waals surface area contributed by atoms with Gasteiger partial charge in [-0.3, -0.25) is 9.97 Å². The summed E-state index contributed by atoms with van der Waals surface area (Å²) in [6, 6.07) is 5.49. The molecule has 3 aromatic rings. The third-order valence-electron chi connectivity index (χ3n) is 2.81. The summed E-state index contributed by atoms with van der Waals surface area (Å²) in [5.74, 6) is 0.646. The molecule has 0 aliphatic heterocycles. The van der Waals surface area contributed by atoms with Crippen molar-refractivity contribution < 1.29 is 0 Å². The number of halogens is 2. The molecule has 2 heterocycles. The van der Waals surface area contributed by atoms with E-state index >= 15 is 0 Å². The monoisotopic (exact) mass is 368 g/mol. The summed E-state index contributed by atoms with van der Waals surface area (Å²) in [5, 5.41) is 10.4. The van der Waals surface area contributed by atoms with Gasteiger partial charge in [0.15, 0.2) is 9.35 Å². The molecule has 2 aromatic heterocycles. The first kappa shape index (κ1) is 15.7. The van der Waals surface area contributed by atoms with Gasteiger partial charge < -0.3 is 0 Å². The van der Waals surface area contributed by atoms with Crippen LogP contribution in [0.2, 0.25) is 10.0 Å². The van der Waals surface area contributed by atoms with E-state index in [1.165, 1.54) is 11.3 Å². The molecular formula is C14H10Cl2N4S2. The smallest absolute Gasteiger partial charge is 0.175 e. The fourth-order valence-corrected chi connectivity index (χ4v) is 4.23. The van der Waals surface area contributed by atoms with Crippen LogP contribution < -0.4 is 0 Å². The molecule has 0 radical (unpaired) electrons. The number of benzene rings is 1. The zero-order valence-corrected chi connectivity index (χ0v) is 14.6. The Bertz CT molecular complexity index is 770. The normalized spacial score (nSPS) is 10.9. The summed E-state index contributed by atoms with van der Waals surface area (Å²) in [7, 11) is 0. The molecule has 22 heavy (non-hydrogen) atoms. The first-order valence-electron chi connectivity index (χ1n) is 6.31. The molecule has 0 aliphatic rings. The van der Waals surface area contributed by atoms with Crippen molar-refractivity contribution >= 4 is 46.3 Å². The van der Waals surface area contributed by atoms with Gasteiger partial charge in [0.25, 0.3) is 0 Å². The molecule has 0 amide bonds.